The molecule has 0 bridgehead atoms. The van der Waals surface area contributed by atoms with E-state index in [9.17, 15) is 9.90 Å². The Hall–Kier alpha value is -3.04. The molecule has 6 heteroatoms. The molecule has 0 saturated heterocycles. The predicted octanol–water partition coefficient (Wildman–Crippen LogP) is 3.38. The molecule has 29 heavy (non-hydrogen) atoms. The first-order valence-electron chi connectivity index (χ1n) is 10.1. The molecule has 1 heterocycles. The highest BCUT2D eigenvalue weighted by Gasteiger charge is 2.47. The van der Waals surface area contributed by atoms with E-state index in [0.717, 1.165) is 29.8 Å². The van der Waals surface area contributed by atoms with E-state index in [0.29, 0.717) is 17.0 Å². The van der Waals surface area contributed by atoms with Crippen LogP contribution in [-0.2, 0) is 0 Å². The van der Waals surface area contributed by atoms with Crippen LogP contribution in [0.2, 0.25) is 0 Å². The van der Waals surface area contributed by atoms with Crippen molar-refractivity contribution in [3.8, 4) is 6.07 Å². The molecule has 0 aromatic heterocycles. The molecule has 6 nitrogen and oxygen atoms in total. The molecule has 150 valence electrons. The van der Waals surface area contributed by atoms with Gasteiger partial charge in [-0.05, 0) is 73.7 Å². The van der Waals surface area contributed by atoms with Gasteiger partial charge in [0.15, 0.2) is 0 Å². The predicted molar refractivity (Wildman–Crippen MR) is 112 cm³/mol. The number of nitrogens with two attached hydrogens (primary N) is 1. The quantitative estimate of drug-likeness (QED) is 0.726. The number of rotatable bonds is 5. The smallest absolute Gasteiger partial charge is 0.248 e. The average molecular weight is 390 g/mol. The number of carbonyl (C=O) groups is 1. The fraction of sp³-hybridized carbons (Fsp3) is 0.391. The number of primary amides is 1. The van der Waals surface area contributed by atoms with Crippen molar-refractivity contribution in [3.63, 3.8) is 0 Å². The van der Waals surface area contributed by atoms with Gasteiger partial charge in [-0.25, -0.2) is 0 Å². The van der Waals surface area contributed by atoms with E-state index in [1.54, 1.807) is 25.1 Å². The van der Waals surface area contributed by atoms with Gasteiger partial charge in [0.2, 0.25) is 5.91 Å². The zero-order valence-electron chi connectivity index (χ0n) is 16.7. The molecule has 4 rings (SSSR count). The average Bonchev–Trinajstić information content (AvgIpc) is 3.54. The second kappa shape index (κ2) is 7.41. The largest absolute Gasteiger partial charge is 0.378 e. The van der Waals surface area contributed by atoms with Crippen LogP contribution in [0.15, 0.2) is 42.5 Å². The highest BCUT2D eigenvalue weighted by molar-refractivity contribution is 5.93. The van der Waals surface area contributed by atoms with E-state index in [4.69, 9.17) is 11.0 Å². The molecule has 1 amide bonds. The normalized spacial score (nSPS) is 24.3. The van der Waals surface area contributed by atoms with Gasteiger partial charge in [-0.1, -0.05) is 6.92 Å². The molecule has 1 unspecified atom stereocenters. The Morgan fingerprint density at radius 1 is 1.28 bits per heavy atom. The van der Waals surface area contributed by atoms with Crippen LogP contribution >= 0.6 is 0 Å². The third-order valence-corrected chi connectivity index (χ3v) is 6.15. The van der Waals surface area contributed by atoms with Crippen molar-refractivity contribution in [2.24, 2.45) is 17.6 Å². The molecule has 2 aromatic carbocycles. The number of aliphatic hydroxyl groups excluding tert-OH is 1. The van der Waals surface area contributed by atoms with Gasteiger partial charge in [0.05, 0.1) is 17.7 Å². The first-order chi connectivity index (χ1) is 13.9. The number of anilines is 2. The Labute approximate surface area is 170 Å². The molecule has 1 saturated carbocycles. The van der Waals surface area contributed by atoms with Crippen LogP contribution in [0.5, 0.6) is 0 Å². The summed E-state index contributed by atoms with van der Waals surface area (Å²) in [7, 11) is 0. The van der Waals surface area contributed by atoms with E-state index in [2.05, 4.69) is 23.2 Å². The number of amides is 1. The molecular weight excluding hydrogens is 364 g/mol. The van der Waals surface area contributed by atoms with Gasteiger partial charge in [0.1, 0.15) is 6.23 Å². The molecular formula is C23H26N4O2. The topological polar surface area (TPSA) is 102 Å². The van der Waals surface area contributed by atoms with Gasteiger partial charge >= 0.3 is 0 Å². The minimum absolute atomic E-state index is 0.0437. The van der Waals surface area contributed by atoms with Gasteiger partial charge in [-0.2, -0.15) is 5.26 Å². The number of hydrogen-bond acceptors (Lipinski definition) is 5. The molecule has 0 spiro atoms. The van der Waals surface area contributed by atoms with E-state index < -0.39 is 12.1 Å². The van der Waals surface area contributed by atoms with Crippen LogP contribution in [0.1, 0.15) is 54.2 Å². The number of benzene rings is 2. The highest BCUT2D eigenvalue weighted by Crippen LogP contribution is 2.50. The monoisotopic (exact) mass is 390 g/mol. The van der Waals surface area contributed by atoms with Crippen molar-refractivity contribution in [2.75, 3.05) is 10.2 Å². The van der Waals surface area contributed by atoms with Crippen molar-refractivity contribution in [3.05, 3.63) is 59.2 Å². The maximum Gasteiger partial charge on any atom is 0.248 e. The zero-order chi connectivity index (χ0) is 20.7. The number of fused-ring (bicyclic) bond motifs is 1. The van der Waals surface area contributed by atoms with Crippen molar-refractivity contribution < 1.29 is 9.90 Å². The van der Waals surface area contributed by atoms with Crippen LogP contribution in [0, 0.1) is 23.2 Å². The summed E-state index contributed by atoms with van der Waals surface area (Å²) in [6.07, 6.45) is 1.70. The Morgan fingerprint density at radius 2 is 1.97 bits per heavy atom. The first kappa shape index (κ1) is 19.3. The molecule has 1 aliphatic heterocycles. The van der Waals surface area contributed by atoms with Gasteiger partial charge in [0, 0.05) is 28.9 Å². The van der Waals surface area contributed by atoms with Crippen molar-refractivity contribution in [1.29, 1.82) is 5.26 Å². The summed E-state index contributed by atoms with van der Waals surface area (Å²) in [6, 6.07) is 15.1. The van der Waals surface area contributed by atoms with Gasteiger partial charge in [0.25, 0.3) is 0 Å². The molecule has 2 aliphatic rings. The van der Waals surface area contributed by atoms with Crippen LogP contribution in [0.4, 0.5) is 11.4 Å². The number of carbonyl (C=O) groups excluding carboxylic acids is 1. The molecule has 1 aliphatic carbocycles. The van der Waals surface area contributed by atoms with Crippen molar-refractivity contribution in [2.45, 2.75) is 45.0 Å². The number of nitrogens with zero attached hydrogens (tertiary/aromatic N) is 2. The van der Waals surface area contributed by atoms with E-state index >= 15 is 0 Å². The van der Waals surface area contributed by atoms with E-state index in [-0.39, 0.29) is 18.0 Å². The van der Waals surface area contributed by atoms with Crippen LogP contribution in [0.3, 0.4) is 0 Å². The minimum Gasteiger partial charge on any atom is -0.378 e. The summed E-state index contributed by atoms with van der Waals surface area (Å²) in [6.45, 7) is 3.99. The lowest BCUT2D eigenvalue weighted by molar-refractivity contribution is 0.1000. The summed E-state index contributed by atoms with van der Waals surface area (Å²) in [4.78, 5) is 13.9. The fourth-order valence-corrected chi connectivity index (χ4v) is 4.66. The summed E-state index contributed by atoms with van der Waals surface area (Å²) in [5.74, 6) is 0.280. The number of aliphatic hydroxyl groups is 1. The third kappa shape index (κ3) is 3.54. The summed E-state index contributed by atoms with van der Waals surface area (Å²) >= 11 is 0. The fourth-order valence-electron chi connectivity index (χ4n) is 4.66. The van der Waals surface area contributed by atoms with Crippen molar-refractivity contribution >= 4 is 17.3 Å². The third-order valence-electron chi connectivity index (χ3n) is 6.15. The number of hydrogen-bond donors (Lipinski definition) is 3. The van der Waals surface area contributed by atoms with Crippen LogP contribution < -0.4 is 16.0 Å². The summed E-state index contributed by atoms with van der Waals surface area (Å²) in [5, 5.41) is 23.2. The Balaban J connectivity index is 1.79. The van der Waals surface area contributed by atoms with Gasteiger partial charge < -0.3 is 21.1 Å². The molecule has 1 fully saturated rings. The lowest BCUT2D eigenvalue weighted by Crippen LogP contribution is -2.52. The number of nitrogens with one attached hydrogen (secondary N) is 1. The van der Waals surface area contributed by atoms with Crippen molar-refractivity contribution in [1.82, 2.24) is 0 Å². The second-order valence-corrected chi connectivity index (χ2v) is 8.18. The SMILES string of the molecule is CC(O)N1c2ccc(C(N)=O)cc2[C@H](Nc2ccc(C#N)cc2)[C@@H](C)[C@@H]1C1CC1. The zero-order valence-corrected chi connectivity index (χ0v) is 16.7. The van der Waals surface area contributed by atoms with E-state index in [1.165, 1.54) is 0 Å². The molecule has 2 aromatic rings. The Morgan fingerprint density at radius 3 is 2.52 bits per heavy atom. The minimum atomic E-state index is -0.628. The highest BCUT2D eigenvalue weighted by atomic mass is 16.3. The Kier molecular flexibility index (Phi) is 4.93. The molecule has 4 N–H and O–H groups in total. The molecule has 0 radical (unpaired) electrons. The maximum atomic E-state index is 11.8. The number of nitriles is 1. The van der Waals surface area contributed by atoms with Crippen LogP contribution in [-0.4, -0.2) is 23.3 Å². The van der Waals surface area contributed by atoms with Crippen LogP contribution in [0.25, 0.3) is 0 Å². The van der Waals surface area contributed by atoms with Gasteiger partial charge in [-0.15, -0.1) is 0 Å². The second-order valence-electron chi connectivity index (χ2n) is 8.18. The lowest BCUT2D eigenvalue weighted by atomic mass is 9.79. The Bertz CT molecular complexity index is 960. The lowest BCUT2D eigenvalue weighted by Gasteiger charge is -2.48. The standard InChI is InChI=1S/C23H26N4O2/c1-13-21(26-18-8-3-15(12-24)4-9-18)19-11-17(23(25)29)7-10-20(19)27(14(2)28)22(13)16-5-6-16/h3-4,7-11,13-14,16,21-22,26,28H,5-6H2,1-2H3,(H2,25,29)/t13-,14?,21-,22-/m1/s1. The van der Waals surface area contributed by atoms with Gasteiger partial charge in [-0.3, -0.25) is 4.79 Å². The van der Waals surface area contributed by atoms with E-state index in [1.807, 2.05) is 24.3 Å². The summed E-state index contributed by atoms with van der Waals surface area (Å²) < 4.78 is 0. The first-order valence-corrected chi connectivity index (χ1v) is 10.1. The molecule has 4 atom stereocenters. The summed E-state index contributed by atoms with van der Waals surface area (Å²) in [5.41, 5.74) is 9.41. The maximum absolute atomic E-state index is 11.8.